The Balaban J connectivity index is 2.12. The molecule has 2 aromatic rings. The van der Waals surface area contributed by atoms with Crippen molar-refractivity contribution >= 4 is 18.5 Å². The van der Waals surface area contributed by atoms with E-state index in [0.29, 0.717) is 0 Å². The summed E-state index contributed by atoms with van der Waals surface area (Å²) in [5.41, 5.74) is 7.71. The molecule has 0 aromatic heterocycles. The van der Waals surface area contributed by atoms with Crippen LogP contribution in [0.1, 0.15) is 18.1 Å². The smallest absolute Gasteiger partial charge is 0.0686 e. The van der Waals surface area contributed by atoms with E-state index in [2.05, 4.69) is 62.5 Å². The van der Waals surface area contributed by atoms with E-state index in [1.165, 1.54) is 12.0 Å². The Morgan fingerprint density at radius 2 is 1.63 bits per heavy atom. The van der Waals surface area contributed by atoms with E-state index in [9.17, 15) is 0 Å². The second-order valence-electron chi connectivity index (χ2n) is 6.35. The minimum Gasteiger partial charge on any atom is -0.0686 e. The van der Waals surface area contributed by atoms with Gasteiger partial charge in [0.1, 0.15) is 8.07 Å². The maximum absolute atomic E-state index is 2.51. The molecule has 0 atom stereocenters. The Labute approximate surface area is 115 Å². The lowest BCUT2D eigenvalue weighted by Crippen LogP contribution is -2.39. The number of benzene rings is 2. The number of hydrogen-bond acceptors (Lipinski definition) is 0. The summed E-state index contributed by atoms with van der Waals surface area (Å²) in [6, 6.07) is 15.7. The van der Waals surface area contributed by atoms with Crippen molar-refractivity contribution in [3.63, 3.8) is 0 Å². The molecular weight excluding hydrogens is 244 g/mol. The minimum atomic E-state index is -1.45. The van der Waals surface area contributed by atoms with Crippen molar-refractivity contribution in [2.75, 3.05) is 0 Å². The summed E-state index contributed by atoms with van der Waals surface area (Å²) in [7, 11) is -1.45. The monoisotopic (exact) mass is 262 g/mol. The molecule has 1 aliphatic heterocycles. The molecule has 0 spiro atoms. The van der Waals surface area contributed by atoms with Gasteiger partial charge in [-0.1, -0.05) is 61.1 Å². The molecule has 2 aromatic carbocycles. The van der Waals surface area contributed by atoms with Crippen LogP contribution in [-0.2, 0) is 6.42 Å². The number of rotatable bonds is 1. The van der Waals surface area contributed by atoms with Crippen molar-refractivity contribution in [2.24, 2.45) is 0 Å². The van der Waals surface area contributed by atoms with E-state index in [0.717, 1.165) is 0 Å². The standard InChI is InChI=1S/C18H18Si/c1-12-11-14-9-10-15-16(13-7-5-4-6-8-13)17(14)18(12)19(15,2)3/h4-10H,11H2,1-3H3. The van der Waals surface area contributed by atoms with Gasteiger partial charge in [-0.15, -0.1) is 0 Å². The molecule has 0 saturated heterocycles. The van der Waals surface area contributed by atoms with Gasteiger partial charge in [0.25, 0.3) is 0 Å². The Kier molecular flexibility index (Phi) is 2.06. The fourth-order valence-corrected chi connectivity index (χ4v) is 7.80. The van der Waals surface area contributed by atoms with E-state index in [1.54, 1.807) is 32.6 Å². The van der Waals surface area contributed by atoms with Gasteiger partial charge in [0.15, 0.2) is 0 Å². The molecular formula is C18H18Si. The molecule has 2 aliphatic rings. The zero-order valence-corrected chi connectivity index (χ0v) is 12.7. The third-order valence-corrected chi connectivity index (χ3v) is 8.47. The summed E-state index contributed by atoms with van der Waals surface area (Å²) < 4.78 is 0. The molecule has 4 rings (SSSR count). The van der Waals surface area contributed by atoms with Gasteiger partial charge in [-0.25, -0.2) is 0 Å². The quantitative estimate of drug-likeness (QED) is 0.677. The molecule has 2 bridgehead atoms. The highest BCUT2D eigenvalue weighted by Crippen LogP contribution is 2.48. The summed E-state index contributed by atoms with van der Waals surface area (Å²) in [5, 5.41) is 3.35. The summed E-state index contributed by atoms with van der Waals surface area (Å²) in [6.07, 6.45) is 1.17. The number of allylic oxidation sites excluding steroid dienone is 1. The van der Waals surface area contributed by atoms with Crippen LogP contribution in [-0.4, -0.2) is 8.07 Å². The van der Waals surface area contributed by atoms with Crippen LogP contribution < -0.4 is 5.19 Å². The highest BCUT2D eigenvalue weighted by molar-refractivity contribution is 7.07. The Morgan fingerprint density at radius 3 is 2.37 bits per heavy atom. The molecule has 1 heterocycles. The summed E-state index contributed by atoms with van der Waals surface area (Å²) >= 11 is 0. The lowest BCUT2D eigenvalue weighted by molar-refractivity contribution is 1.19. The molecule has 0 saturated carbocycles. The molecule has 0 nitrogen and oxygen atoms in total. The van der Waals surface area contributed by atoms with Crippen LogP contribution in [0.25, 0.3) is 16.3 Å². The van der Waals surface area contributed by atoms with Crippen LogP contribution in [0.3, 0.4) is 0 Å². The molecule has 0 radical (unpaired) electrons. The molecule has 19 heavy (non-hydrogen) atoms. The molecule has 0 amide bonds. The van der Waals surface area contributed by atoms with Gasteiger partial charge in [-0.2, -0.15) is 0 Å². The third-order valence-electron chi connectivity index (χ3n) is 4.78. The van der Waals surface area contributed by atoms with Crippen LogP contribution in [0, 0.1) is 0 Å². The first-order valence-corrected chi connectivity index (χ1v) is 10.0. The highest BCUT2D eigenvalue weighted by Gasteiger charge is 2.44. The predicted molar refractivity (Wildman–Crippen MR) is 85.3 cm³/mol. The lowest BCUT2D eigenvalue weighted by atomic mass is 9.97. The average Bonchev–Trinajstić information content (AvgIpc) is 2.82. The van der Waals surface area contributed by atoms with E-state index < -0.39 is 8.07 Å². The molecule has 1 heteroatoms. The lowest BCUT2D eigenvalue weighted by Gasteiger charge is -2.20. The van der Waals surface area contributed by atoms with E-state index in [4.69, 9.17) is 0 Å². The number of fused-ring (bicyclic) bond motifs is 1. The third kappa shape index (κ3) is 1.29. The maximum Gasteiger partial charge on any atom is 0.113 e. The van der Waals surface area contributed by atoms with E-state index >= 15 is 0 Å². The van der Waals surface area contributed by atoms with Crippen molar-refractivity contribution in [3.05, 3.63) is 59.2 Å². The number of hydrogen-bond donors (Lipinski definition) is 0. The fourth-order valence-electron chi connectivity index (χ4n) is 4.07. The SMILES string of the molecule is CC1=C2c3c(ccc(c3-c3ccccc3)[Si]2(C)C)C1. The fraction of sp³-hybridized carbons (Fsp3) is 0.222. The van der Waals surface area contributed by atoms with Gasteiger partial charge in [0, 0.05) is 0 Å². The average molecular weight is 262 g/mol. The summed E-state index contributed by atoms with van der Waals surface area (Å²) in [5.74, 6) is 0. The van der Waals surface area contributed by atoms with Gasteiger partial charge in [-0.3, -0.25) is 0 Å². The second-order valence-corrected chi connectivity index (χ2v) is 10.6. The first kappa shape index (κ1) is 11.2. The van der Waals surface area contributed by atoms with Gasteiger partial charge in [-0.05, 0) is 46.0 Å². The van der Waals surface area contributed by atoms with Crippen LogP contribution >= 0.6 is 0 Å². The first-order valence-electron chi connectivity index (χ1n) is 7.03. The van der Waals surface area contributed by atoms with Gasteiger partial charge < -0.3 is 0 Å². The highest BCUT2D eigenvalue weighted by atomic mass is 28.3. The topological polar surface area (TPSA) is 0 Å². The van der Waals surface area contributed by atoms with Crippen LogP contribution in [0.4, 0.5) is 0 Å². The molecule has 0 N–H and O–H groups in total. The van der Waals surface area contributed by atoms with Gasteiger partial charge in [0.05, 0.1) is 0 Å². The zero-order chi connectivity index (χ0) is 13.2. The molecule has 0 unspecified atom stereocenters. The van der Waals surface area contributed by atoms with Crippen molar-refractivity contribution < 1.29 is 0 Å². The molecule has 0 fully saturated rings. The minimum absolute atomic E-state index is 1.17. The summed E-state index contributed by atoms with van der Waals surface area (Å²) in [6.45, 7) is 7.35. The van der Waals surface area contributed by atoms with Crippen LogP contribution in [0.15, 0.2) is 48.0 Å². The second kappa shape index (κ2) is 3.49. The van der Waals surface area contributed by atoms with Crippen molar-refractivity contribution in [3.8, 4) is 11.1 Å². The first-order chi connectivity index (χ1) is 9.10. The van der Waals surface area contributed by atoms with Crippen LogP contribution in [0.2, 0.25) is 13.1 Å². The largest absolute Gasteiger partial charge is 0.113 e. The van der Waals surface area contributed by atoms with Crippen molar-refractivity contribution in [1.29, 1.82) is 0 Å². The predicted octanol–water partition coefficient (Wildman–Crippen LogP) is 4.15. The van der Waals surface area contributed by atoms with Gasteiger partial charge in [0.2, 0.25) is 0 Å². The van der Waals surface area contributed by atoms with Crippen molar-refractivity contribution in [2.45, 2.75) is 26.4 Å². The maximum atomic E-state index is 2.51. The Morgan fingerprint density at radius 1 is 0.895 bits per heavy atom. The Hall–Kier alpha value is -1.60. The summed E-state index contributed by atoms with van der Waals surface area (Å²) in [4.78, 5) is 0. The van der Waals surface area contributed by atoms with Crippen molar-refractivity contribution in [1.82, 2.24) is 0 Å². The molecule has 1 aliphatic carbocycles. The normalized spacial score (nSPS) is 18.3. The molecule has 94 valence electrons. The van der Waals surface area contributed by atoms with Gasteiger partial charge >= 0.3 is 0 Å². The van der Waals surface area contributed by atoms with Crippen LogP contribution in [0.5, 0.6) is 0 Å². The van der Waals surface area contributed by atoms with E-state index in [1.807, 2.05) is 0 Å². The zero-order valence-electron chi connectivity index (χ0n) is 11.7. The van der Waals surface area contributed by atoms with E-state index in [-0.39, 0.29) is 0 Å². The Bertz CT molecular complexity index is 721.